The predicted octanol–water partition coefficient (Wildman–Crippen LogP) is 6.89. The molecule has 1 saturated heterocycles. The monoisotopic (exact) mass is 473 g/mol. The number of ether oxygens (including phenoxy) is 1. The summed E-state index contributed by atoms with van der Waals surface area (Å²) in [7, 11) is 0. The molecule has 0 radical (unpaired) electrons. The summed E-state index contributed by atoms with van der Waals surface area (Å²) in [5, 5.41) is 0. The lowest BCUT2D eigenvalue weighted by Gasteiger charge is -2.44. The van der Waals surface area contributed by atoms with Gasteiger partial charge in [0.25, 0.3) is 0 Å². The predicted molar refractivity (Wildman–Crippen MR) is 142 cm³/mol. The van der Waals surface area contributed by atoms with Gasteiger partial charge < -0.3 is 9.64 Å². The van der Waals surface area contributed by atoms with Crippen LogP contribution in [0, 0.1) is 5.92 Å². The van der Waals surface area contributed by atoms with Crippen molar-refractivity contribution in [1.82, 2.24) is 4.90 Å². The van der Waals surface area contributed by atoms with E-state index in [9.17, 15) is 0 Å². The zero-order chi connectivity index (χ0) is 22.3. The van der Waals surface area contributed by atoms with Gasteiger partial charge in [0.15, 0.2) is 0 Å². The molecule has 6 rings (SSSR count). The summed E-state index contributed by atoms with van der Waals surface area (Å²) in [6.07, 6.45) is 5.90. The second-order valence-corrected chi connectivity index (χ2v) is 10.4. The fraction of sp³-hybridized carbons (Fsp3) is 0.419. The first-order valence-electron chi connectivity index (χ1n) is 12.8. The third-order valence-electron chi connectivity index (χ3n) is 8.58. The van der Waals surface area contributed by atoms with Crippen molar-refractivity contribution in [3.8, 4) is 0 Å². The molecule has 1 spiro atoms. The van der Waals surface area contributed by atoms with Crippen molar-refractivity contribution < 1.29 is 4.74 Å². The van der Waals surface area contributed by atoms with Gasteiger partial charge in [-0.1, -0.05) is 79.7 Å². The van der Waals surface area contributed by atoms with Crippen molar-refractivity contribution in [1.29, 1.82) is 0 Å². The van der Waals surface area contributed by atoms with Gasteiger partial charge in [0.05, 0.1) is 12.2 Å². The van der Waals surface area contributed by atoms with Crippen LogP contribution in [0.2, 0.25) is 0 Å². The first-order chi connectivity index (χ1) is 16.2. The molecule has 178 valence electrons. The van der Waals surface area contributed by atoms with E-state index in [0.29, 0.717) is 11.8 Å². The molecule has 3 aromatic rings. The van der Waals surface area contributed by atoms with E-state index >= 15 is 0 Å². The first-order valence-corrected chi connectivity index (χ1v) is 12.8. The molecule has 2 unspecified atom stereocenters. The topological polar surface area (TPSA) is 12.5 Å². The van der Waals surface area contributed by atoms with Gasteiger partial charge in [-0.25, -0.2) is 0 Å². The van der Waals surface area contributed by atoms with Gasteiger partial charge in [-0.3, -0.25) is 0 Å². The SMILES string of the molecule is CC1CN(CCCC2c3ccccc3CCc3ccccc32)CCC12OCc1ccccc12.Cl. The van der Waals surface area contributed by atoms with Crippen LogP contribution in [0.3, 0.4) is 0 Å². The van der Waals surface area contributed by atoms with E-state index in [2.05, 4.69) is 84.6 Å². The molecule has 1 fully saturated rings. The Morgan fingerprint density at radius 1 is 0.853 bits per heavy atom. The minimum absolute atomic E-state index is 0. The molecule has 2 heterocycles. The van der Waals surface area contributed by atoms with Gasteiger partial charge >= 0.3 is 0 Å². The van der Waals surface area contributed by atoms with E-state index < -0.39 is 0 Å². The van der Waals surface area contributed by atoms with E-state index in [1.54, 1.807) is 22.3 Å². The van der Waals surface area contributed by atoms with E-state index in [0.717, 1.165) is 39.0 Å². The van der Waals surface area contributed by atoms with E-state index in [1.165, 1.54) is 30.5 Å². The number of benzene rings is 3. The molecule has 3 aliphatic rings. The normalized spacial score (nSPS) is 24.1. The van der Waals surface area contributed by atoms with Gasteiger partial charge in [0.1, 0.15) is 0 Å². The Morgan fingerprint density at radius 3 is 2.15 bits per heavy atom. The fourth-order valence-corrected chi connectivity index (χ4v) is 6.83. The fourth-order valence-electron chi connectivity index (χ4n) is 6.83. The molecule has 3 aromatic carbocycles. The highest BCUT2D eigenvalue weighted by molar-refractivity contribution is 5.85. The number of fused-ring (bicyclic) bond motifs is 4. The Kier molecular flexibility index (Phi) is 6.84. The number of piperidine rings is 1. The van der Waals surface area contributed by atoms with Crippen molar-refractivity contribution >= 4 is 12.4 Å². The minimum atomic E-state index is -0.0632. The van der Waals surface area contributed by atoms with Crippen LogP contribution in [0.25, 0.3) is 0 Å². The Balaban J connectivity index is 0.00000241. The number of hydrogen-bond donors (Lipinski definition) is 0. The lowest BCUT2D eigenvalue weighted by Crippen LogP contribution is -2.49. The summed E-state index contributed by atoms with van der Waals surface area (Å²) < 4.78 is 6.48. The molecule has 2 nitrogen and oxygen atoms in total. The summed E-state index contributed by atoms with van der Waals surface area (Å²) in [4.78, 5) is 2.69. The summed E-state index contributed by atoms with van der Waals surface area (Å²) in [6, 6.07) is 27.2. The van der Waals surface area contributed by atoms with Crippen LogP contribution in [-0.2, 0) is 29.8 Å². The zero-order valence-electron chi connectivity index (χ0n) is 20.2. The molecular formula is C31H36ClNO. The Hall–Kier alpha value is -2.13. The third-order valence-corrected chi connectivity index (χ3v) is 8.58. The standard InChI is InChI=1S/C31H35NO.ClH/c1-23-21-32(20-18-31(23)30-15-7-4-11-26(30)22-33-31)19-8-14-29-27-12-5-2-9-24(27)16-17-25-10-3-6-13-28(25)29;/h2-7,9-13,15,23,29H,8,14,16-22H2,1H3;1H. The highest BCUT2D eigenvalue weighted by Gasteiger charge is 2.47. The Labute approximate surface area is 210 Å². The molecule has 1 aliphatic carbocycles. The maximum atomic E-state index is 6.48. The molecule has 2 aliphatic heterocycles. The van der Waals surface area contributed by atoms with Gasteiger partial charge in [0, 0.05) is 24.9 Å². The highest BCUT2D eigenvalue weighted by Crippen LogP contribution is 2.47. The smallest absolute Gasteiger partial charge is 0.0989 e. The molecule has 0 bridgehead atoms. The Bertz CT molecular complexity index is 1100. The maximum absolute atomic E-state index is 6.48. The van der Waals surface area contributed by atoms with Crippen molar-refractivity contribution in [2.45, 2.75) is 57.2 Å². The second kappa shape index (κ2) is 9.85. The molecule has 34 heavy (non-hydrogen) atoms. The maximum Gasteiger partial charge on any atom is 0.0989 e. The molecule has 0 amide bonds. The number of aryl methyl sites for hydroxylation is 2. The van der Waals surface area contributed by atoms with Crippen LogP contribution < -0.4 is 0 Å². The van der Waals surface area contributed by atoms with Gasteiger partial charge in [-0.2, -0.15) is 0 Å². The van der Waals surface area contributed by atoms with Crippen molar-refractivity contribution in [3.05, 3.63) is 106 Å². The summed E-state index contributed by atoms with van der Waals surface area (Å²) in [5.41, 5.74) is 8.99. The number of halogens is 1. The minimum Gasteiger partial charge on any atom is -0.365 e. The van der Waals surface area contributed by atoms with Crippen molar-refractivity contribution in [2.75, 3.05) is 19.6 Å². The van der Waals surface area contributed by atoms with Crippen LogP contribution in [-0.4, -0.2) is 24.5 Å². The molecular weight excluding hydrogens is 438 g/mol. The number of likely N-dealkylation sites (tertiary alicyclic amines) is 1. The van der Waals surface area contributed by atoms with Crippen molar-refractivity contribution in [3.63, 3.8) is 0 Å². The third kappa shape index (κ3) is 4.11. The van der Waals surface area contributed by atoms with Crippen LogP contribution in [0.1, 0.15) is 65.5 Å². The van der Waals surface area contributed by atoms with Crippen molar-refractivity contribution in [2.24, 2.45) is 5.92 Å². The summed E-state index contributed by atoms with van der Waals surface area (Å²) >= 11 is 0. The number of hydrogen-bond acceptors (Lipinski definition) is 2. The lowest BCUT2D eigenvalue weighted by atomic mass is 9.76. The largest absolute Gasteiger partial charge is 0.365 e. The average molecular weight is 474 g/mol. The number of rotatable bonds is 4. The second-order valence-electron chi connectivity index (χ2n) is 10.4. The van der Waals surface area contributed by atoms with Gasteiger partial charge in [-0.15, -0.1) is 12.4 Å². The van der Waals surface area contributed by atoms with E-state index in [1.807, 2.05) is 0 Å². The quantitative estimate of drug-likeness (QED) is 0.409. The molecule has 0 aromatic heterocycles. The number of nitrogens with zero attached hydrogens (tertiary/aromatic N) is 1. The average Bonchev–Trinajstić information content (AvgIpc) is 3.15. The highest BCUT2D eigenvalue weighted by atomic mass is 35.5. The van der Waals surface area contributed by atoms with Crippen LogP contribution in [0.15, 0.2) is 72.8 Å². The van der Waals surface area contributed by atoms with Gasteiger partial charge in [0.2, 0.25) is 0 Å². The molecule has 2 atom stereocenters. The molecule has 0 N–H and O–H groups in total. The van der Waals surface area contributed by atoms with Crippen LogP contribution in [0.4, 0.5) is 0 Å². The molecule has 0 saturated carbocycles. The first kappa shape index (κ1) is 23.6. The molecule has 3 heteroatoms. The van der Waals surface area contributed by atoms with E-state index in [-0.39, 0.29) is 18.0 Å². The van der Waals surface area contributed by atoms with Crippen LogP contribution in [0.5, 0.6) is 0 Å². The lowest BCUT2D eigenvalue weighted by molar-refractivity contribution is -0.115. The zero-order valence-corrected chi connectivity index (χ0v) is 21.0. The van der Waals surface area contributed by atoms with Gasteiger partial charge in [-0.05, 0) is 72.0 Å². The van der Waals surface area contributed by atoms with E-state index in [4.69, 9.17) is 4.74 Å². The Morgan fingerprint density at radius 2 is 1.47 bits per heavy atom. The summed E-state index contributed by atoms with van der Waals surface area (Å²) in [6.45, 7) is 6.62. The summed E-state index contributed by atoms with van der Waals surface area (Å²) in [5.74, 6) is 1.05. The van der Waals surface area contributed by atoms with Crippen LogP contribution >= 0.6 is 12.4 Å².